The van der Waals surface area contributed by atoms with E-state index in [0.717, 1.165) is 11.3 Å². The van der Waals surface area contributed by atoms with Gasteiger partial charge in [0.15, 0.2) is 5.78 Å². The topological polar surface area (TPSA) is 104 Å². The molecular weight excluding hydrogens is 464 g/mol. The van der Waals surface area contributed by atoms with E-state index < -0.39 is 5.54 Å². The smallest absolute Gasteiger partial charge is 0.262 e. The van der Waals surface area contributed by atoms with E-state index in [1.165, 1.54) is 11.3 Å². The normalized spacial score (nSPS) is 22.1. The van der Waals surface area contributed by atoms with Gasteiger partial charge in [-0.1, -0.05) is 23.7 Å². The van der Waals surface area contributed by atoms with Gasteiger partial charge in [0.1, 0.15) is 11.4 Å². The number of nitrogens with one attached hydrogen (secondary N) is 1. The van der Waals surface area contributed by atoms with Gasteiger partial charge in [-0.15, -0.1) is 11.3 Å². The average molecular weight is 487 g/mol. The van der Waals surface area contributed by atoms with Gasteiger partial charge in [-0.25, -0.2) is 0 Å². The summed E-state index contributed by atoms with van der Waals surface area (Å²) in [6.45, 7) is 2.22. The molecule has 2 aliphatic rings. The van der Waals surface area contributed by atoms with Gasteiger partial charge in [0.2, 0.25) is 6.19 Å². The molecule has 3 heterocycles. The number of thiophene rings is 1. The summed E-state index contributed by atoms with van der Waals surface area (Å²) < 4.78 is 11.5. The molecule has 2 aromatic rings. The van der Waals surface area contributed by atoms with Crippen LogP contribution in [0.4, 0.5) is 5.69 Å². The minimum Gasteiger partial charge on any atom is -0.379 e. The fraction of sp³-hybridized carbons (Fsp3) is 0.391. The first-order valence-electron chi connectivity index (χ1n) is 10.6. The lowest BCUT2D eigenvalue weighted by molar-refractivity contribution is -0.124. The zero-order valence-electron chi connectivity index (χ0n) is 17.9. The molecule has 4 rings (SSSR count). The second-order valence-electron chi connectivity index (χ2n) is 7.85. The number of nitriles is 1. The van der Waals surface area contributed by atoms with Crippen molar-refractivity contribution in [1.29, 1.82) is 5.26 Å². The summed E-state index contributed by atoms with van der Waals surface area (Å²) in [6.07, 6.45) is 3.01. The number of rotatable bonds is 6. The first-order chi connectivity index (χ1) is 16.0. The molecule has 0 aliphatic carbocycles. The van der Waals surface area contributed by atoms with Crippen LogP contribution in [0.3, 0.4) is 0 Å². The molecule has 1 aromatic carbocycles. The zero-order chi connectivity index (χ0) is 23.3. The largest absolute Gasteiger partial charge is 0.379 e. The lowest BCUT2D eigenvalue weighted by atomic mass is 9.88. The van der Waals surface area contributed by atoms with E-state index in [-0.39, 0.29) is 24.7 Å². The van der Waals surface area contributed by atoms with Crippen molar-refractivity contribution in [2.75, 3.05) is 37.9 Å². The molecule has 1 N–H and O–H groups in total. The first kappa shape index (κ1) is 23.4. The van der Waals surface area contributed by atoms with Crippen LogP contribution in [0.25, 0.3) is 0 Å². The van der Waals surface area contributed by atoms with Crippen molar-refractivity contribution in [3.05, 3.63) is 51.2 Å². The molecule has 2 aliphatic heterocycles. The number of carbonyl (C=O) groups is 2. The van der Waals surface area contributed by atoms with Gasteiger partial charge in [-0.05, 0) is 29.8 Å². The zero-order valence-corrected chi connectivity index (χ0v) is 19.5. The van der Waals surface area contributed by atoms with Crippen molar-refractivity contribution in [3.63, 3.8) is 0 Å². The Balaban J connectivity index is 1.47. The summed E-state index contributed by atoms with van der Waals surface area (Å²) >= 11 is 7.12. The molecule has 0 unspecified atom stereocenters. The molecule has 172 valence electrons. The maximum absolute atomic E-state index is 13.3. The van der Waals surface area contributed by atoms with Crippen LogP contribution in [0.15, 0.2) is 41.4 Å². The third-order valence-corrected chi connectivity index (χ3v) is 6.97. The number of amidine groups is 1. The summed E-state index contributed by atoms with van der Waals surface area (Å²) in [5.74, 6) is 0.240. The van der Waals surface area contributed by atoms with Crippen LogP contribution in [0.5, 0.6) is 0 Å². The van der Waals surface area contributed by atoms with E-state index in [1.807, 2.05) is 35.4 Å². The van der Waals surface area contributed by atoms with Crippen molar-refractivity contribution in [2.24, 2.45) is 4.99 Å². The van der Waals surface area contributed by atoms with Crippen molar-refractivity contribution in [3.8, 4) is 6.19 Å². The summed E-state index contributed by atoms with van der Waals surface area (Å²) in [5.41, 5.74) is 0.654. The maximum Gasteiger partial charge on any atom is 0.262 e. The van der Waals surface area contributed by atoms with Crippen LogP contribution in [0.2, 0.25) is 4.34 Å². The minimum absolute atomic E-state index is 0.0985. The lowest BCUT2D eigenvalue weighted by Crippen LogP contribution is -2.55. The van der Waals surface area contributed by atoms with Crippen molar-refractivity contribution in [1.82, 2.24) is 5.32 Å². The average Bonchev–Trinajstić information content (AvgIpc) is 3.40. The molecule has 0 bridgehead atoms. The minimum atomic E-state index is -1.05. The van der Waals surface area contributed by atoms with Crippen LogP contribution in [0, 0.1) is 11.5 Å². The third kappa shape index (κ3) is 5.42. The molecule has 2 saturated heterocycles. The summed E-state index contributed by atoms with van der Waals surface area (Å²) in [4.78, 5) is 32.3. The quantitative estimate of drug-likeness (QED) is 0.629. The van der Waals surface area contributed by atoms with E-state index >= 15 is 0 Å². The number of Topliss-reactive ketones (excluding diaryl/α,β-unsaturated/α-hetero) is 1. The standard InChI is InChI=1S/C23H23ClN4O4S/c24-20-6-5-18(33-20)22(30)27-23(8-11-32-14-23)19(29)13-16-1-3-17(4-2-16)28-9-12-31-10-7-21(28)26-15-25/h1-6H,7-14H2,(H,27,30)/t23-/m0/s1. The fourth-order valence-electron chi connectivity index (χ4n) is 3.95. The van der Waals surface area contributed by atoms with Crippen molar-refractivity contribution >= 4 is 46.2 Å². The fourth-order valence-corrected chi connectivity index (χ4v) is 4.89. The Kier molecular flexibility index (Phi) is 7.40. The Labute approximate surface area is 200 Å². The van der Waals surface area contributed by atoms with Crippen LogP contribution in [-0.2, 0) is 20.7 Å². The number of ether oxygens (including phenoxy) is 2. The highest BCUT2D eigenvalue weighted by molar-refractivity contribution is 7.18. The second kappa shape index (κ2) is 10.4. The van der Waals surface area contributed by atoms with Crippen molar-refractivity contribution in [2.45, 2.75) is 24.8 Å². The number of halogens is 1. The van der Waals surface area contributed by atoms with E-state index in [4.69, 9.17) is 26.3 Å². The molecule has 1 atom stereocenters. The van der Waals surface area contributed by atoms with Gasteiger partial charge in [0, 0.05) is 38.1 Å². The van der Waals surface area contributed by atoms with E-state index in [9.17, 15) is 9.59 Å². The molecule has 1 aromatic heterocycles. The van der Waals surface area contributed by atoms with Crippen LogP contribution >= 0.6 is 22.9 Å². The van der Waals surface area contributed by atoms with Gasteiger partial charge >= 0.3 is 0 Å². The van der Waals surface area contributed by atoms with Crippen LogP contribution < -0.4 is 10.2 Å². The molecular formula is C23H23ClN4O4S. The Morgan fingerprint density at radius 1 is 1.18 bits per heavy atom. The highest BCUT2D eigenvalue weighted by Crippen LogP contribution is 2.26. The predicted octanol–water partition coefficient (Wildman–Crippen LogP) is 3.21. The Bertz CT molecular complexity index is 1090. The second-order valence-corrected chi connectivity index (χ2v) is 9.57. The number of benzene rings is 1. The summed E-state index contributed by atoms with van der Waals surface area (Å²) in [5, 5.41) is 11.9. The van der Waals surface area contributed by atoms with E-state index in [1.54, 1.807) is 12.1 Å². The van der Waals surface area contributed by atoms with E-state index in [0.29, 0.717) is 54.3 Å². The van der Waals surface area contributed by atoms with Gasteiger partial charge in [0.05, 0.1) is 29.0 Å². The molecule has 10 heteroatoms. The number of amides is 1. The third-order valence-electron chi connectivity index (χ3n) is 5.74. The highest BCUT2D eigenvalue weighted by atomic mass is 35.5. The molecule has 33 heavy (non-hydrogen) atoms. The number of anilines is 1. The SMILES string of the molecule is N#CN=C1CCOCCN1c1ccc(CC(=O)[C@]2(NC(=O)c3ccc(Cl)s3)CCOC2)cc1. The van der Waals surface area contributed by atoms with Crippen LogP contribution in [-0.4, -0.2) is 56.0 Å². The van der Waals surface area contributed by atoms with E-state index in [2.05, 4.69) is 10.3 Å². The summed E-state index contributed by atoms with van der Waals surface area (Å²) in [7, 11) is 0. The van der Waals surface area contributed by atoms with Crippen LogP contribution in [0.1, 0.15) is 28.1 Å². The molecule has 0 spiro atoms. The molecule has 8 nitrogen and oxygen atoms in total. The number of hydrogen-bond donors (Lipinski definition) is 1. The number of carbonyl (C=O) groups excluding carboxylic acids is 2. The highest BCUT2D eigenvalue weighted by Gasteiger charge is 2.43. The lowest BCUT2D eigenvalue weighted by Gasteiger charge is -2.27. The molecule has 0 saturated carbocycles. The number of hydrogen-bond acceptors (Lipinski definition) is 7. The first-order valence-corrected chi connectivity index (χ1v) is 11.8. The monoisotopic (exact) mass is 486 g/mol. The molecule has 2 fully saturated rings. The molecule has 1 amide bonds. The molecule has 0 radical (unpaired) electrons. The van der Waals surface area contributed by atoms with Gasteiger partial charge in [-0.3, -0.25) is 9.59 Å². The van der Waals surface area contributed by atoms with Gasteiger partial charge in [0.25, 0.3) is 5.91 Å². The Morgan fingerprint density at radius 3 is 2.67 bits per heavy atom. The van der Waals surface area contributed by atoms with Crippen molar-refractivity contribution < 1.29 is 19.1 Å². The number of nitrogens with zero attached hydrogens (tertiary/aromatic N) is 3. The number of aliphatic imine (C=N–C) groups is 1. The number of ketones is 1. The Hall–Kier alpha value is -2.77. The Morgan fingerprint density at radius 2 is 2.00 bits per heavy atom. The van der Waals surface area contributed by atoms with Gasteiger partial charge < -0.3 is 19.7 Å². The predicted molar refractivity (Wildman–Crippen MR) is 126 cm³/mol. The maximum atomic E-state index is 13.3. The van der Waals surface area contributed by atoms with Gasteiger partial charge in [-0.2, -0.15) is 10.3 Å². The summed E-state index contributed by atoms with van der Waals surface area (Å²) in [6, 6.07) is 10.9.